The van der Waals surface area contributed by atoms with Crippen molar-refractivity contribution in [1.82, 2.24) is 35.1 Å². The molecule has 0 saturated heterocycles. The van der Waals surface area contributed by atoms with Gasteiger partial charge in [-0.05, 0) is 42.4 Å². The highest BCUT2D eigenvalue weighted by Gasteiger charge is 2.23. The van der Waals surface area contributed by atoms with E-state index < -0.39 is 6.04 Å². The first-order chi connectivity index (χ1) is 18.4. The topological polar surface area (TPSA) is 102 Å². The number of aromatic nitrogens is 6. The summed E-state index contributed by atoms with van der Waals surface area (Å²) in [5.74, 6) is 1.45. The van der Waals surface area contributed by atoms with E-state index in [-0.39, 0.29) is 12.6 Å². The summed E-state index contributed by atoms with van der Waals surface area (Å²) in [5, 5.41) is 14.8. The van der Waals surface area contributed by atoms with E-state index in [0.717, 1.165) is 47.3 Å². The SMILES string of the molecule is CCCCc1nc(Cl)c(COC(=O)C(CS)N(C)C)n1Cc1ccc(-c2ccccc2-c2nn[nH]n2)cc1. The molecule has 2 aromatic heterocycles. The maximum absolute atomic E-state index is 12.6. The first-order valence-corrected chi connectivity index (χ1v) is 13.5. The zero-order valence-electron chi connectivity index (χ0n) is 21.8. The van der Waals surface area contributed by atoms with Gasteiger partial charge < -0.3 is 9.30 Å². The minimum atomic E-state index is -0.434. The Hall–Kier alpha value is -3.21. The minimum absolute atomic E-state index is 0.0467. The lowest BCUT2D eigenvalue weighted by Gasteiger charge is -2.21. The molecule has 0 aliphatic carbocycles. The third kappa shape index (κ3) is 6.43. The Morgan fingerprint density at radius 3 is 2.53 bits per heavy atom. The average Bonchev–Trinajstić information content (AvgIpc) is 3.55. The maximum Gasteiger partial charge on any atom is 0.324 e. The van der Waals surface area contributed by atoms with E-state index in [1.54, 1.807) is 4.90 Å². The molecule has 0 aliphatic heterocycles. The van der Waals surface area contributed by atoms with Crippen LogP contribution in [0.5, 0.6) is 0 Å². The average molecular weight is 554 g/mol. The number of ether oxygens (including phenoxy) is 1. The normalized spacial score (nSPS) is 12.2. The number of unbranched alkanes of at least 4 members (excludes halogenated alkanes) is 1. The molecule has 0 aliphatic rings. The number of rotatable bonds is 12. The predicted molar refractivity (Wildman–Crippen MR) is 151 cm³/mol. The number of benzene rings is 2. The molecule has 1 N–H and O–H groups in total. The summed E-state index contributed by atoms with van der Waals surface area (Å²) in [6, 6.07) is 15.8. The molecule has 2 heterocycles. The molecule has 4 rings (SSSR count). The van der Waals surface area contributed by atoms with Crippen molar-refractivity contribution in [3.05, 3.63) is 70.8 Å². The van der Waals surface area contributed by atoms with Gasteiger partial charge in [0.1, 0.15) is 18.5 Å². The minimum Gasteiger partial charge on any atom is -0.458 e. The van der Waals surface area contributed by atoms with E-state index >= 15 is 0 Å². The molecule has 0 saturated carbocycles. The monoisotopic (exact) mass is 553 g/mol. The first kappa shape index (κ1) is 27.8. The second-order valence-corrected chi connectivity index (χ2v) is 9.93. The summed E-state index contributed by atoms with van der Waals surface area (Å²) in [6.07, 6.45) is 2.81. The molecule has 0 amide bonds. The van der Waals surface area contributed by atoms with Gasteiger partial charge in [-0.2, -0.15) is 17.8 Å². The van der Waals surface area contributed by atoms with Crippen molar-refractivity contribution in [2.24, 2.45) is 0 Å². The second-order valence-electron chi connectivity index (χ2n) is 9.20. The molecule has 0 radical (unpaired) electrons. The molecular weight excluding hydrogens is 522 g/mol. The van der Waals surface area contributed by atoms with E-state index in [1.165, 1.54) is 0 Å². The van der Waals surface area contributed by atoms with Gasteiger partial charge >= 0.3 is 5.97 Å². The van der Waals surface area contributed by atoms with Gasteiger partial charge in [0, 0.05) is 24.3 Å². The second kappa shape index (κ2) is 13.0. The van der Waals surface area contributed by atoms with Crippen LogP contribution in [-0.2, 0) is 29.1 Å². The van der Waals surface area contributed by atoms with E-state index in [4.69, 9.17) is 16.3 Å². The van der Waals surface area contributed by atoms with Crippen LogP contribution in [0, 0.1) is 0 Å². The molecule has 11 heteroatoms. The molecule has 4 aromatic rings. The van der Waals surface area contributed by atoms with Crippen molar-refractivity contribution in [1.29, 1.82) is 0 Å². The Morgan fingerprint density at radius 2 is 1.89 bits per heavy atom. The van der Waals surface area contributed by atoms with E-state index in [0.29, 0.717) is 29.0 Å². The van der Waals surface area contributed by atoms with Gasteiger partial charge in [0.15, 0.2) is 5.15 Å². The summed E-state index contributed by atoms with van der Waals surface area (Å²) < 4.78 is 7.72. The van der Waals surface area contributed by atoms with Crippen molar-refractivity contribution >= 4 is 30.2 Å². The highest BCUT2D eigenvalue weighted by atomic mass is 35.5. The standard InChI is InChI=1S/C27H32ClN7O2S/c1-4-5-10-24-29-25(28)22(16-37-27(36)23(17-38)34(2)3)35(24)15-18-11-13-19(14-12-18)20-8-6-7-9-21(20)26-30-32-33-31-26/h6-9,11-14,23,38H,4-5,10,15-17H2,1-3H3,(H,30,31,32,33). The number of likely N-dealkylation sites (N-methyl/N-ethyl adjacent to an activating group) is 1. The van der Waals surface area contributed by atoms with E-state index in [1.807, 2.05) is 38.4 Å². The Labute approximate surface area is 233 Å². The number of hydrogen-bond acceptors (Lipinski definition) is 8. The lowest BCUT2D eigenvalue weighted by molar-refractivity contribution is -0.149. The summed E-state index contributed by atoms with van der Waals surface area (Å²) in [7, 11) is 3.65. The van der Waals surface area contributed by atoms with Crippen LogP contribution in [0.4, 0.5) is 0 Å². The number of H-pyrrole nitrogens is 1. The van der Waals surface area contributed by atoms with Crippen LogP contribution < -0.4 is 0 Å². The van der Waals surface area contributed by atoms with Crippen molar-refractivity contribution in [3.63, 3.8) is 0 Å². The number of carbonyl (C=O) groups excluding carboxylic acids is 1. The Kier molecular flexibility index (Phi) is 9.54. The van der Waals surface area contributed by atoms with Crippen LogP contribution in [0.15, 0.2) is 48.5 Å². The van der Waals surface area contributed by atoms with E-state index in [2.05, 4.69) is 74.0 Å². The molecule has 0 bridgehead atoms. The number of esters is 1. The first-order valence-electron chi connectivity index (χ1n) is 12.5. The molecule has 2 aromatic carbocycles. The number of nitrogens with one attached hydrogen (secondary N) is 1. The number of imidazole rings is 1. The fourth-order valence-electron chi connectivity index (χ4n) is 4.22. The molecular formula is C27H32ClN7O2S. The number of halogens is 1. The summed E-state index contributed by atoms with van der Waals surface area (Å²) in [6.45, 7) is 2.74. The highest BCUT2D eigenvalue weighted by molar-refractivity contribution is 7.80. The number of hydrogen-bond donors (Lipinski definition) is 2. The van der Waals surface area contributed by atoms with Crippen LogP contribution in [0.3, 0.4) is 0 Å². The van der Waals surface area contributed by atoms with Gasteiger partial charge in [-0.3, -0.25) is 9.69 Å². The van der Waals surface area contributed by atoms with Gasteiger partial charge in [0.2, 0.25) is 5.82 Å². The molecule has 38 heavy (non-hydrogen) atoms. The molecule has 0 fully saturated rings. The number of thiol groups is 1. The zero-order valence-corrected chi connectivity index (χ0v) is 23.4. The van der Waals surface area contributed by atoms with Gasteiger partial charge in [0.25, 0.3) is 0 Å². The third-order valence-corrected chi connectivity index (χ3v) is 7.04. The summed E-state index contributed by atoms with van der Waals surface area (Å²) in [5.41, 5.74) is 4.72. The molecule has 1 atom stereocenters. The van der Waals surface area contributed by atoms with Crippen molar-refractivity contribution in [2.75, 3.05) is 19.8 Å². The van der Waals surface area contributed by atoms with Crippen LogP contribution in [-0.4, -0.2) is 66.9 Å². The Morgan fingerprint density at radius 1 is 1.16 bits per heavy atom. The van der Waals surface area contributed by atoms with Crippen LogP contribution in [0.25, 0.3) is 22.5 Å². The van der Waals surface area contributed by atoms with Crippen LogP contribution >= 0.6 is 24.2 Å². The van der Waals surface area contributed by atoms with Crippen LogP contribution in [0.2, 0.25) is 5.15 Å². The van der Waals surface area contributed by atoms with Gasteiger partial charge in [0.05, 0.1) is 5.69 Å². The fraction of sp³-hybridized carbons (Fsp3) is 0.370. The van der Waals surface area contributed by atoms with Crippen molar-refractivity contribution < 1.29 is 9.53 Å². The smallest absolute Gasteiger partial charge is 0.324 e. The zero-order chi connectivity index (χ0) is 27.1. The number of tetrazole rings is 1. The van der Waals surface area contributed by atoms with Gasteiger partial charge in [-0.15, -0.1) is 10.2 Å². The Balaban J connectivity index is 1.58. The number of carbonyl (C=O) groups is 1. The molecule has 9 nitrogen and oxygen atoms in total. The fourth-order valence-corrected chi connectivity index (χ4v) is 4.95. The Bertz CT molecular complexity index is 1340. The van der Waals surface area contributed by atoms with Gasteiger partial charge in [-0.25, -0.2) is 4.98 Å². The quantitative estimate of drug-likeness (QED) is 0.194. The van der Waals surface area contributed by atoms with E-state index in [9.17, 15) is 4.79 Å². The summed E-state index contributed by atoms with van der Waals surface area (Å²) in [4.78, 5) is 19.0. The number of aromatic amines is 1. The predicted octanol–water partition coefficient (Wildman–Crippen LogP) is 4.68. The summed E-state index contributed by atoms with van der Waals surface area (Å²) >= 11 is 10.8. The molecule has 1 unspecified atom stereocenters. The largest absolute Gasteiger partial charge is 0.458 e. The molecule has 0 spiro atoms. The molecule has 200 valence electrons. The lowest BCUT2D eigenvalue weighted by atomic mass is 9.98. The highest BCUT2D eigenvalue weighted by Crippen LogP contribution is 2.30. The van der Waals surface area contributed by atoms with Crippen LogP contribution in [0.1, 0.15) is 36.8 Å². The maximum atomic E-state index is 12.6. The van der Waals surface area contributed by atoms with Crippen molar-refractivity contribution in [3.8, 4) is 22.5 Å². The lowest BCUT2D eigenvalue weighted by Crippen LogP contribution is -2.38. The van der Waals surface area contributed by atoms with Crippen molar-refractivity contribution in [2.45, 2.75) is 45.4 Å². The third-order valence-electron chi connectivity index (χ3n) is 6.40. The van der Waals surface area contributed by atoms with Gasteiger partial charge in [-0.1, -0.05) is 73.5 Å². The number of aryl methyl sites for hydroxylation is 1. The number of nitrogens with zero attached hydrogens (tertiary/aromatic N) is 6.